The van der Waals surface area contributed by atoms with E-state index >= 15 is 0 Å². The minimum atomic E-state index is 0.457. The van der Waals surface area contributed by atoms with Crippen LogP contribution in [0, 0.1) is 6.92 Å². The topological polar surface area (TPSA) is 38.5 Å². The molecule has 4 heteroatoms. The van der Waals surface area contributed by atoms with Crippen molar-refractivity contribution in [1.82, 2.24) is 0 Å². The van der Waals surface area contributed by atoms with Gasteiger partial charge in [0, 0.05) is 23.0 Å². The molecule has 2 N–H and O–H groups in total. The summed E-state index contributed by atoms with van der Waals surface area (Å²) in [7, 11) is 0. The van der Waals surface area contributed by atoms with E-state index in [1.54, 1.807) is 0 Å². The summed E-state index contributed by atoms with van der Waals surface area (Å²) in [4.78, 5) is 2.29. The summed E-state index contributed by atoms with van der Waals surface area (Å²) in [6, 6.07) is 14.1. The molecular weight excluding hydrogens is 308 g/mol. The smallest absolute Gasteiger partial charge is 0.130 e. The Morgan fingerprint density at radius 3 is 2.87 bits per heavy atom. The number of hydrogen-bond acceptors (Lipinski definition) is 3. The lowest BCUT2D eigenvalue weighted by Crippen LogP contribution is -2.28. The van der Waals surface area contributed by atoms with Gasteiger partial charge < -0.3 is 15.4 Å². The maximum atomic E-state index is 6.00. The Balaban J connectivity index is 1.79. The number of aryl methyl sites for hydroxylation is 1. The van der Waals surface area contributed by atoms with Crippen LogP contribution in [0.25, 0.3) is 0 Å². The predicted molar refractivity (Wildman–Crippen MR) is 96.4 cm³/mol. The van der Waals surface area contributed by atoms with Gasteiger partial charge >= 0.3 is 0 Å². The first kappa shape index (κ1) is 15.9. The van der Waals surface area contributed by atoms with Gasteiger partial charge in [-0.3, -0.25) is 0 Å². The molecule has 0 saturated carbocycles. The molecule has 120 valence electrons. The maximum Gasteiger partial charge on any atom is 0.130 e. The summed E-state index contributed by atoms with van der Waals surface area (Å²) in [6.45, 7) is 2.76. The largest absolute Gasteiger partial charge is 0.457 e. The molecule has 1 heterocycles. The number of hydrogen-bond donors (Lipinski definition) is 1. The average Bonchev–Trinajstić information content (AvgIpc) is 2.98. The van der Waals surface area contributed by atoms with Gasteiger partial charge in [-0.1, -0.05) is 23.7 Å². The molecule has 0 bridgehead atoms. The van der Waals surface area contributed by atoms with Gasteiger partial charge in [-0.15, -0.1) is 0 Å². The van der Waals surface area contributed by atoms with Gasteiger partial charge in [-0.05, 0) is 68.3 Å². The molecule has 2 aromatic carbocycles. The summed E-state index contributed by atoms with van der Waals surface area (Å²) >= 11 is 6.00. The number of ether oxygens (including phenoxy) is 1. The van der Waals surface area contributed by atoms with Crippen LogP contribution in [0.15, 0.2) is 54.7 Å². The molecular formula is C19H21ClN2O. The van der Waals surface area contributed by atoms with Crippen molar-refractivity contribution in [3.63, 3.8) is 0 Å². The molecule has 0 spiro atoms. The highest BCUT2D eigenvalue weighted by molar-refractivity contribution is 6.30. The number of halogens is 1. The molecule has 23 heavy (non-hydrogen) atoms. The molecule has 0 aliphatic carbocycles. The van der Waals surface area contributed by atoms with E-state index in [2.05, 4.69) is 36.2 Å². The molecule has 0 fully saturated rings. The molecule has 1 aliphatic heterocycles. The number of anilines is 1. The Morgan fingerprint density at radius 1 is 1.26 bits per heavy atom. The highest BCUT2D eigenvalue weighted by atomic mass is 35.5. The number of nitrogens with two attached hydrogens (primary N) is 1. The lowest BCUT2D eigenvalue weighted by atomic mass is 10.1. The second-order valence-corrected chi connectivity index (χ2v) is 6.20. The Bertz CT molecular complexity index is 714. The minimum Gasteiger partial charge on any atom is -0.457 e. The molecule has 0 aromatic heterocycles. The van der Waals surface area contributed by atoms with Crippen molar-refractivity contribution in [3.8, 4) is 11.5 Å². The predicted octanol–water partition coefficient (Wildman–Crippen LogP) is 4.88. The second kappa shape index (κ2) is 7.07. The highest BCUT2D eigenvalue weighted by Gasteiger charge is 2.20. The summed E-state index contributed by atoms with van der Waals surface area (Å²) in [6.07, 6.45) is 6.39. The number of nitrogens with zero attached hydrogens (tertiary/aromatic N) is 1. The van der Waals surface area contributed by atoms with Crippen molar-refractivity contribution in [2.45, 2.75) is 25.8 Å². The Kier molecular flexibility index (Phi) is 4.89. The van der Waals surface area contributed by atoms with Crippen molar-refractivity contribution in [1.29, 1.82) is 0 Å². The van der Waals surface area contributed by atoms with Gasteiger partial charge in [-0.25, -0.2) is 0 Å². The Hall–Kier alpha value is -1.97. The Labute approximate surface area is 142 Å². The lowest BCUT2D eigenvalue weighted by molar-refractivity contribution is 0.479. The third kappa shape index (κ3) is 3.69. The van der Waals surface area contributed by atoms with Crippen molar-refractivity contribution in [2.24, 2.45) is 5.73 Å². The quantitative estimate of drug-likeness (QED) is 0.850. The van der Waals surface area contributed by atoms with E-state index in [-0.39, 0.29) is 0 Å². The van der Waals surface area contributed by atoms with Crippen molar-refractivity contribution < 1.29 is 4.74 Å². The lowest BCUT2D eigenvalue weighted by Gasteiger charge is -2.26. The van der Waals surface area contributed by atoms with E-state index in [1.807, 2.05) is 30.3 Å². The van der Waals surface area contributed by atoms with Crippen LogP contribution in [0.2, 0.25) is 5.02 Å². The van der Waals surface area contributed by atoms with Crippen molar-refractivity contribution >= 4 is 17.3 Å². The van der Waals surface area contributed by atoms with Crippen LogP contribution < -0.4 is 15.4 Å². The van der Waals surface area contributed by atoms with Gasteiger partial charge in [0.25, 0.3) is 0 Å². The van der Waals surface area contributed by atoms with E-state index < -0.39 is 0 Å². The van der Waals surface area contributed by atoms with Gasteiger partial charge in [0.15, 0.2) is 0 Å². The fraction of sp³-hybridized carbons (Fsp3) is 0.263. The minimum absolute atomic E-state index is 0.457. The fourth-order valence-electron chi connectivity index (χ4n) is 2.88. The SMILES string of the molecule is Cc1cc(N2C=CCC2CCN)ccc1Oc1cccc(Cl)c1. The molecule has 0 amide bonds. The molecule has 0 saturated heterocycles. The molecule has 3 nitrogen and oxygen atoms in total. The van der Waals surface area contributed by atoms with Crippen molar-refractivity contribution in [2.75, 3.05) is 11.4 Å². The van der Waals surface area contributed by atoms with Crippen LogP contribution >= 0.6 is 11.6 Å². The van der Waals surface area contributed by atoms with Crippen LogP contribution in [0.4, 0.5) is 5.69 Å². The molecule has 1 atom stereocenters. The molecule has 0 radical (unpaired) electrons. The van der Waals surface area contributed by atoms with Crippen molar-refractivity contribution in [3.05, 3.63) is 65.3 Å². The molecule has 1 aliphatic rings. The summed E-state index contributed by atoms with van der Waals surface area (Å²) in [5, 5.41) is 0.670. The van der Waals surface area contributed by atoms with Gasteiger partial charge in [0.05, 0.1) is 0 Å². The molecule has 2 aromatic rings. The van der Waals surface area contributed by atoms with Crippen LogP contribution in [0.1, 0.15) is 18.4 Å². The Morgan fingerprint density at radius 2 is 2.13 bits per heavy atom. The van der Waals surface area contributed by atoms with E-state index in [0.717, 1.165) is 29.9 Å². The standard InChI is InChI=1S/C19H21ClN2O/c1-14-12-17(22-11-3-5-16(22)9-10-21)7-8-19(14)23-18-6-2-4-15(20)13-18/h2-4,6-8,11-13,16H,5,9-10,21H2,1H3. The van der Waals surface area contributed by atoms with E-state index in [0.29, 0.717) is 17.6 Å². The number of benzene rings is 2. The normalized spacial score (nSPS) is 16.8. The first-order valence-corrected chi connectivity index (χ1v) is 8.24. The summed E-state index contributed by atoms with van der Waals surface area (Å²) in [5.41, 5.74) is 7.98. The third-order valence-electron chi connectivity index (χ3n) is 4.05. The maximum absolute atomic E-state index is 6.00. The zero-order valence-electron chi connectivity index (χ0n) is 13.2. The second-order valence-electron chi connectivity index (χ2n) is 5.77. The zero-order valence-corrected chi connectivity index (χ0v) is 14.0. The highest BCUT2D eigenvalue weighted by Crippen LogP contribution is 2.32. The first-order chi connectivity index (χ1) is 11.2. The third-order valence-corrected chi connectivity index (χ3v) is 4.28. The van der Waals surface area contributed by atoms with E-state index in [1.165, 1.54) is 5.69 Å². The summed E-state index contributed by atoms with van der Waals surface area (Å²) in [5.74, 6) is 1.59. The molecule has 3 rings (SSSR count). The van der Waals surface area contributed by atoms with E-state index in [4.69, 9.17) is 22.1 Å². The van der Waals surface area contributed by atoms with Gasteiger partial charge in [-0.2, -0.15) is 0 Å². The average molecular weight is 329 g/mol. The first-order valence-electron chi connectivity index (χ1n) is 7.86. The van der Waals surface area contributed by atoms with Crippen LogP contribution in [-0.2, 0) is 0 Å². The van der Waals surface area contributed by atoms with Crippen LogP contribution in [0.3, 0.4) is 0 Å². The summed E-state index contributed by atoms with van der Waals surface area (Å²) < 4.78 is 5.94. The fourth-order valence-corrected chi connectivity index (χ4v) is 3.06. The van der Waals surface area contributed by atoms with Crippen LogP contribution in [-0.4, -0.2) is 12.6 Å². The molecule has 1 unspecified atom stereocenters. The zero-order chi connectivity index (χ0) is 16.2. The van der Waals surface area contributed by atoms with Crippen LogP contribution in [0.5, 0.6) is 11.5 Å². The van der Waals surface area contributed by atoms with Gasteiger partial charge in [0.1, 0.15) is 11.5 Å². The van der Waals surface area contributed by atoms with Gasteiger partial charge in [0.2, 0.25) is 0 Å². The van der Waals surface area contributed by atoms with E-state index in [9.17, 15) is 0 Å². The monoisotopic (exact) mass is 328 g/mol. The number of rotatable bonds is 5.